The van der Waals surface area contributed by atoms with Crippen LogP contribution < -0.4 is 10.1 Å². The van der Waals surface area contributed by atoms with Gasteiger partial charge in [0.05, 0.1) is 12.0 Å². The predicted molar refractivity (Wildman–Crippen MR) is 73.5 cm³/mol. The van der Waals surface area contributed by atoms with E-state index in [-0.39, 0.29) is 17.1 Å². The number of carbonyl (C=O) groups excluding carboxylic acids is 1. The van der Waals surface area contributed by atoms with Gasteiger partial charge in [0.1, 0.15) is 6.04 Å². The van der Waals surface area contributed by atoms with Crippen molar-refractivity contribution in [3.8, 4) is 5.75 Å². The molecule has 0 saturated carbocycles. The Morgan fingerprint density at radius 1 is 1.48 bits per heavy atom. The van der Waals surface area contributed by atoms with Crippen molar-refractivity contribution < 1.29 is 24.4 Å². The van der Waals surface area contributed by atoms with Crippen molar-refractivity contribution >= 4 is 23.4 Å². The average molecular weight is 297 g/mol. The first-order chi connectivity index (χ1) is 9.77. The summed E-state index contributed by atoms with van der Waals surface area (Å²) in [5, 5.41) is 22.1. The maximum Gasteiger partial charge on any atom is 0.326 e. The summed E-state index contributed by atoms with van der Waals surface area (Å²) in [4.78, 5) is 33.8. The Morgan fingerprint density at radius 2 is 2.10 bits per heavy atom. The van der Waals surface area contributed by atoms with Gasteiger partial charge in [-0.3, -0.25) is 10.1 Å². The molecular formula is C12H15N3O6. The summed E-state index contributed by atoms with van der Waals surface area (Å²) >= 11 is 0. The van der Waals surface area contributed by atoms with Gasteiger partial charge in [-0.05, 0) is 19.1 Å². The van der Waals surface area contributed by atoms with Gasteiger partial charge in [-0.25, -0.2) is 9.59 Å². The molecule has 0 saturated heterocycles. The quantitative estimate of drug-likeness (QED) is 0.628. The third-order valence-electron chi connectivity index (χ3n) is 2.89. The number of ether oxygens (including phenoxy) is 1. The molecule has 0 aliphatic heterocycles. The normalized spacial score (nSPS) is 11.4. The first-order valence-electron chi connectivity index (χ1n) is 5.87. The lowest BCUT2D eigenvalue weighted by molar-refractivity contribution is -0.385. The first kappa shape index (κ1) is 16.2. The fraction of sp³-hybridized carbons (Fsp3) is 0.333. The lowest BCUT2D eigenvalue weighted by atomic mass is 10.2. The number of benzene rings is 1. The minimum Gasteiger partial charge on any atom is -0.490 e. The highest BCUT2D eigenvalue weighted by Gasteiger charge is 2.22. The molecule has 1 unspecified atom stereocenters. The number of hydrogen-bond acceptors (Lipinski definition) is 5. The number of likely N-dealkylation sites (N-methyl/N-ethyl adjacent to an activating group) is 1. The zero-order chi connectivity index (χ0) is 16.2. The summed E-state index contributed by atoms with van der Waals surface area (Å²) in [7, 11) is 2.61. The number of anilines is 1. The van der Waals surface area contributed by atoms with E-state index in [0.29, 0.717) is 0 Å². The number of amides is 2. The number of urea groups is 1. The summed E-state index contributed by atoms with van der Waals surface area (Å²) in [5.41, 5.74) is -0.138. The van der Waals surface area contributed by atoms with Crippen molar-refractivity contribution in [3.05, 3.63) is 28.3 Å². The molecule has 0 aliphatic carbocycles. The van der Waals surface area contributed by atoms with Gasteiger partial charge in [0.2, 0.25) is 0 Å². The Hall–Kier alpha value is -2.84. The van der Waals surface area contributed by atoms with Crippen LogP contribution in [0.1, 0.15) is 6.92 Å². The van der Waals surface area contributed by atoms with Crippen LogP contribution in [0.5, 0.6) is 5.75 Å². The molecule has 1 aromatic rings. The van der Waals surface area contributed by atoms with Crippen LogP contribution in [0.3, 0.4) is 0 Å². The van der Waals surface area contributed by atoms with Gasteiger partial charge in [-0.15, -0.1) is 0 Å². The number of nitro benzene ring substituents is 1. The van der Waals surface area contributed by atoms with Crippen LogP contribution in [0.15, 0.2) is 18.2 Å². The van der Waals surface area contributed by atoms with Crippen LogP contribution in [0.4, 0.5) is 16.2 Å². The van der Waals surface area contributed by atoms with Crippen molar-refractivity contribution in [2.75, 3.05) is 19.5 Å². The number of carbonyl (C=O) groups is 2. The first-order valence-corrected chi connectivity index (χ1v) is 5.87. The van der Waals surface area contributed by atoms with Crippen LogP contribution in [-0.2, 0) is 4.79 Å². The monoisotopic (exact) mass is 297 g/mol. The Morgan fingerprint density at radius 3 is 2.57 bits per heavy atom. The van der Waals surface area contributed by atoms with Gasteiger partial charge in [-0.1, -0.05) is 0 Å². The van der Waals surface area contributed by atoms with Crippen molar-refractivity contribution in [3.63, 3.8) is 0 Å². The molecule has 1 rings (SSSR count). The Bertz CT molecular complexity index is 574. The van der Waals surface area contributed by atoms with E-state index in [4.69, 9.17) is 9.84 Å². The number of methoxy groups -OCH3 is 1. The molecule has 0 heterocycles. The highest BCUT2D eigenvalue weighted by Crippen LogP contribution is 2.29. The fourth-order valence-corrected chi connectivity index (χ4v) is 1.46. The molecule has 9 heteroatoms. The summed E-state index contributed by atoms with van der Waals surface area (Å²) in [5.74, 6) is -1.10. The molecular weight excluding hydrogens is 282 g/mol. The van der Waals surface area contributed by atoms with Gasteiger partial charge in [0.15, 0.2) is 5.75 Å². The van der Waals surface area contributed by atoms with Crippen molar-refractivity contribution in [2.24, 2.45) is 0 Å². The van der Waals surface area contributed by atoms with Crippen molar-refractivity contribution in [1.82, 2.24) is 4.90 Å². The molecule has 2 amide bonds. The molecule has 0 fully saturated rings. The van der Waals surface area contributed by atoms with Crippen LogP contribution >= 0.6 is 0 Å². The second-order valence-electron chi connectivity index (χ2n) is 4.20. The molecule has 21 heavy (non-hydrogen) atoms. The lowest BCUT2D eigenvalue weighted by Gasteiger charge is -2.21. The fourth-order valence-electron chi connectivity index (χ4n) is 1.46. The standard InChI is InChI=1S/C12H15N3O6/c1-7(11(16)17)14(2)12(18)13-8-4-5-10(21-3)9(6-8)15(19)20/h4-7H,1-3H3,(H,13,18)(H,16,17). The summed E-state index contributed by atoms with van der Waals surface area (Å²) in [6.45, 7) is 1.35. The van der Waals surface area contributed by atoms with Crippen molar-refractivity contribution in [1.29, 1.82) is 0 Å². The van der Waals surface area contributed by atoms with Crippen LogP contribution in [-0.4, -0.2) is 47.1 Å². The van der Waals surface area contributed by atoms with Crippen LogP contribution in [0.2, 0.25) is 0 Å². The molecule has 9 nitrogen and oxygen atoms in total. The zero-order valence-corrected chi connectivity index (χ0v) is 11.7. The second kappa shape index (κ2) is 6.55. The minimum atomic E-state index is -1.16. The van der Waals surface area contributed by atoms with E-state index in [9.17, 15) is 19.7 Å². The van der Waals surface area contributed by atoms with E-state index in [2.05, 4.69) is 5.32 Å². The second-order valence-corrected chi connectivity index (χ2v) is 4.20. The molecule has 2 N–H and O–H groups in total. The van der Waals surface area contributed by atoms with Gasteiger partial charge < -0.3 is 20.1 Å². The summed E-state index contributed by atoms with van der Waals surface area (Å²) in [6.07, 6.45) is 0. The molecule has 0 radical (unpaired) electrons. The number of carboxylic acids is 1. The SMILES string of the molecule is COc1ccc(NC(=O)N(C)C(C)C(=O)O)cc1[N+](=O)[O-]. The van der Waals surface area contributed by atoms with Crippen molar-refractivity contribution in [2.45, 2.75) is 13.0 Å². The number of nitro groups is 1. The van der Waals surface area contributed by atoms with Gasteiger partial charge in [0.25, 0.3) is 0 Å². The summed E-state index contributed by atoms with van der Waals surface area (Å²) < 4.78 is 4.84. The number of rotatable bonds is 5. The smallest absolute Gasteiger partial charge is 0.326 e. The Kier molecular flexibility index (Phi) is 5.06. The molecule has 1 aromatic carbocycles. The maximum absolute atomic E-state index is 11.8. The van der Waals surface area contributed by atoms with Gasteiger partial charge >= 0.3 is 17.7 Å². The van der Waals surface area contributed by atoms with E-state index in [0.717, 1.165) is 11.0 Å². The molecule has 0 bridgehead atoms. The molecule has 0 aromatic heterocycles. The van der Waals surface area contributed by atoms with Crippen LogP contribution in [0, 0.1) is 10.1 Å². The van der Waals surface area contributed by atoms with E-state index in [1.165, 1.54) is 33.2 Å². The predicted octanol–water partition coefficient (Wildman–Crippen LogP) is 1.54. The number of nitrogens with one attached hydrogen (secondary N) is 1. The summed E-state index contributed by atoms with van der Waals surface area (Å²) in [6, 6.07) is 2.18. The number of hydrogen-bond donors (Lipinski definition) is 2. The van der Waals surface area contributed by atoms with Gasteiger partial charge in [0, 0.05) is 18.8 Å². The zero-order valence-electron chi connectivity index (χ0n) is 11.7. The van der Waals surface area contributed by atoms with E-state index >= 15 is 0 Å². The molecule has 0 spiro atoms. The van der Waals surface area contributed by atoms with E-state index in [1.54, 1.807) is 0 Å². The maximum atomic E-state index is 11.8. The molecule has 0 aliphatic rings. The van der Waals surface area contributed by atoms with E-state index in [1.807, 2.05) is 0 Å². The Balaban J connectivity index is 2.93. The minimum absolute atomic E-state index is 0.0604. The average Bonchev–Trinajstić information content (AvgIpc) is 2.45. The van der Waals surface area contributed by atoms with Gasteiger partial charge in [-0.2, -0.15) is 0 Å². The highest BCUT2D eigenvalue weighted by atomic mass is 16.6. The largest absolute Gasteiger partial charge is 0.490 e. The third kappa shape index (κ3) is 3.81. The van der Waals surface area contributed by atoms with Crippen LogP contribution in [0.25, 0.3) is 0 Å². The lowest BCUT2D eigenvalue weighted by Crippen LogP contribution is -2.42. The third-order valence-corrected chi connectivity index (χ3v) is 2.89. The number of carboxylic acid groups (broad SMARTS) is 1. The molecule has 1 atom stereocenters. The highest BCUT2D eigenvalue weighted by molar-refractivity contribution is 5.92. The molecule has 114 valence electrons. The number of aliphatic carboxylic acids is 1. The van der Waals surface area contributed by atoms with E-state index < -0.39 is 23.0 Å². The Labute approximate surface area is 120 Å². The topological polar surface area (TPSA) is 122 Å². The number of nitrogens with zero attached hydrogens (tertiary/aromatic N) is 2.